The number of methoxy groups -OCH3 is 1. The predicted octanol–water partition coefficient (Wildman–Crippen LogP) is 0.808. The Hall–Kier alpha value is -1.82. The molecule has 1 aromatic heterocycles. The van der Waals surface area contributed by atoms with Crippen LogP contribution in [0.3, 0.4) is 0 Å². The van der Waals surface area contributed by atoms with Gasteiger partial charge in [-0.05, 0) is 19.1 Å². The van der Waals surface area contributed by atoms with E-state index < -0.39 is 17.9 Å². The van der Waals surface area contributed by atoms with Gasteiger partial charge in [0, 0.05) is 20.1 Å². The summed E-state index contributed by atoms with van der Waals surface area (Å²) < 4.78 is 9.87. The van der Waals surface area contributed by atoms with Crippen LogP contribution in [-0.2, 0) is 9.53 Å². The summed E-state index contributed by atoms with van der Waals surface area (Å²) in [6.07, 6.45) is 0.206. The van der Waals surface area contributed by atoms with Gasteiger partial charge in [0.05, 0.1) is 0 Å². The van der Waals surface area contributed by atoms with Gasteiger partial charge in [0.2, 0.25) is 0 Å². The Bertz CT molecular complexity index is 398. The lowest BCUT2D eigenvalue weighted by Gasteiger charge is -2.12. The maximum absolute atomic E-state index is 11.6. The molecule has 0 aliphatic rings. The summed E-state index contributed by atoms with van der Waals surface area (Å²) in [6, 6.07) is 2.16. The molecule has 2 N–H and O–H groups in total. The van der Waals surface area contributed by atoms with E-state index >= 15 is 0 Å². The molecular weight excluding hydrogens is 226 g/mol. The minimum Gasteiger partial charge on any atom is -0.480 e. The quantitative estimate of drug-likeness (QED) is 0.769. The van der Waals surface area contributed by atoms with Crippen LogP contribution in [0.15, 0.2) is 16.5 Å². The first-order valence-corrected chi connectivity index (χ1v) is 5.13. The van der Waals surface area contributed by atoms with E-state index in [0.717, 1.165) is 0 Å². The van der Waals surface area contributed by atoms with Gasteiger partial charge in [0.15, 0.2) is 5.76 Å². The van der Waals surface area contributed by atoms with Crippen molar-refractivity contribution >= 4 is 11.9 Å². The lowest BCUT2D eigenvalue weighted by Crippen LogP contribution is -2.41. The van der Waals surface area contributed by atoms with Crippen LogP contribution in [0.25, 0.3) is 0 Å². The molecule has 0 saturated carbocycles. The van der Waals surface area contributed by atoms with Gasteiger partial charge in [0.1, 0.15) is 11.8 Å². The molecule has 0 radical (unpaired) electrons. The normalized spacial score (nSPS) is 12.1. The highest BCUT2D eigenvalue weighted by atomic mass is 16.5. The topological polar surface area (TPSA) is 88.8 Å². The molecule has 0 spiro atoms. The van der Waals surface area contributed by atoms with Crippen molar-refractivity contribution in [2.24, 2.45) is 0 Å². The van der Waals surface area contributed by atoms with Crippen molar-refractivity contribution in [1.82, 2.24) is 5.32 Å². The number of furan rings is 1. The molecule has 0 aromatic carbocycles. The maximum atomic E-state index is 11.6. The Morgan fingerprint density at radius 1 is 1.53 bits per heavy atom. The standard InChI is InChI=1S/C11H15NO5/c1-7-3-4-9(17-7)10(13)12-8(11(14)15)5-6-16-2/h3-4,8H,5-6H2,1-2H3,(H,12,13)(H,14,15). The van der Waals surface area contributed by atoms with E-state index in [4.69, 9.17) is 14.3 Å². The molecule has 0 fully saturated rings. The molecule has 6 nitrogen and oxygen atoms in total. The molecule has 1 rings (SSSR count). The number of aryl methyl sites for hydroxylation is 1. The van der Waals surface area contributed by atoms with Crippen LogP contribution in [0.2, 0.25) is 0 Å². The first-order valence-electron chi connectivity index (χ1n) is 5.13. The Kier molecular flexibility index (Phi) is 4.71. The number of carboxylic acid groups (broad SMARTS) is 1. The smallest absolute Gasteiger partial charge is 0.326 e. The molecule has 6 heteroatoms. The van der Waals surface area contributed by atoms with Gasteiger partial charge in [-0.25, -0.2) is 4.79 Å². The number of aliphatic carboxylic acids is 1. The number of carbonyl (C=O) groups is 2. The van der Waals surface area contributed by atoms with E-state index in [1.807, 2.05) is 0 Å². The van der Waals surface area contributed by atoms with Crippen molar-refractivity contribution in [2.75, 3.05) is 13.7 Å². The summed E-state index contributed by atoms with van der Waals surface area (Å²) in [5, 5.41) is 11.3. The summed E-state index contributed by atoms with van der Waals surface area (Å²) in [5.74, 6) is -0.939. The molecule has 0 saturated heterocycles. The average molecular weight is 241 g/mol. The Morgan fingerprint density at radius 2 is 2.24 bits per heavy atom. The van der Waals surface area contributed by atoms with Crippen molar-refractivity contribution in [2.45, 2.75) is 19.4 Å². The van der Waals surface area contributed by atoms with Crippen LogP contribution in [0.1, 0.15) is 22.7 Å². The summed E-state index contributed by atoms with van der Waals surface area (Å²) in [5.41, 5.74) is 0. The van der Waals surface area contributed by atoms with Crippen LogP contribution >= 0.6 is 0 Å². The van der Waals surface area contributed by atoms with Gasteiger partial charge in [-0.1, -0.05) is 0 Å². The van der Waals surface area contributed by atoms with E-state index in [0.29, 0.717) is 5.76 Å². The van der Waals surface area contributed by atoms with E-state index in [1.54, 1.807) is 13.0 Å². The molecule has 0 bridgehead atoms. The van der Waals surface area contributed by atoms with E-state index in [1.165, 1.54) is 13.2 Å². The second kappa shape index (κ2) is 6.05. The summed E-state index contributed by atoms with van der Waals surface area (Å²) in [6.45, 7) is 1.96. The van der Waals surface area contributed by atoms with Crippen molar-refractivity contribution in [1.29, 1.82) is 0 Å². The Balaban J connectivity index is 2.60. The molecule has 1 aromatic rings. The van der Waals surface area contributed by atoms with Crippen molar-refractivity contribution in [3.05, 3.63) is 23.7 Å². The number of rotatable bonds is 6. The van der Waals surface area contributed by atoms with Gasteiger partial charge < -0.3 is 19.6 Å². The highest BCUT2D eigenvalue weighted by molar-refractivity contribution is 5.94. The van der Waals surface area contributed by atoms with Gasteiger partial charge in [-0.3, -0.25) is 4.79 Å². The zero-order valence-electron chi connectivity index (χ0n) is 9.73. The first-order chi connectivity index (χ1) is 8.04. The predicted molar refractivity (Wildman–Crippen MR) is 58.8 cm³/mol. The molecule has 94 valence electrons. The minimum atomic E-state index is -1.10. The first kappa shape index (κ1) is 13.2. The van der Waals surface area contributed by atoms with Crippen LogP contribution in [0.4, 0.5) is 0 Å². The van der Waals surface area contributed by atoms with Gasteiger partial charge >= 0.3 is 5.97 Å². The molecular formula is C11H15NO5. The molecule has 17 heavy (non-hydrogen) atoms. The fraction of sp³-hybridized carbons (Fsp3) is 0.455. The number of amides is 1. The fourth-order valence-electron chi connectivity index (χ4n) is 1.28. The fourth-order valence-corrected chi connectivity index (χ4v) is 1.28. The number of hydrogen-bond donors (Lipinski definition) is 2. The number of ether oxygens (including phenoxy) is 1. The zero-order valence-corrected chi connectivity index (χ0v) is 9.73. The highest BCUT2D eigenvalue weighted by Crippen LogP contribution is 2.06. The van der Waals surface area contributed by atoms with Crippen molar-refractivity contribution < 1.29 is 23.8 Å². The zero-order chi connectivity index (χ0) is 12.8. The van der Waals surface area contributed by atoms with Crippen molar-refractivity contribution in [3.8, 4) is 0 Å². The summed E-state index contributed by atoms with van der Waals surface area (Å²) >= 11 is 0. The number of nitrogens with one attached hydrogen (secondary N) is 1. The lowest BCUT2D eigenvalue weighted by molar-refractivity contribution is -0.139. The lowest BCUT2D eigenvalue weighted by atomic mass is 10.2. The molecule has 1 atom stereocenters. The summed E-state index contributed by atoms with van der Waals surface area (Å²) in [4.78, 5) is 22.5. The number of carbonyl (C=O) groups excluding carboxylic acids is 1. The molecule has 1 unspecified atom stereocenters. The average Bonchev–Trinajstić information content (AvgIpc) is 2.70. The Labute approximate surface area is 98.6 Å². The third-order valence-electron chi connectivity index (χ3n) is 2.18. The maximum Gasteiger partial charge on any atom is 0.326 e. The monoisotopic (exact) mass is 241 g/mol. The third kappa shape index (κ3) is 3.92. The van der Waals surface area contributed by atoms with E-state index in [-0.39, 0.29) is 18.8 Å². The van der Waals surface area contributed by atoms with Gasteiger partial charge in [0.25, 0.3) is 5.91 Å². The van der Waals surface area contributed by atoms with Crippen LogP contribution in [0.5, 0.6) is 0 Å². The largest absolute Gasteiger partial charge is 0.480 e. The van der Waals surface area contributed by atoms with Gasteiger partial charge in [-0.2, -0.15) is 0 Å². The van der Waals surface area contributed by atoms with Crippen LogP contribution in [-0.4, -0.2) is 36.7 Å². The molecule has 1 amide bonds. The second-order valence-electron chi connectivity index (χ2n) is 3.56. The van der Waals surface area contributed by atoms with E-state index in [9.17, 15) is 9.59 Å². The SMILES string of the molecule is COCCC(NC(=O)c1ccc(C)o1)C(=O)O. The van der Waals surface area contributed by atoms with Crippen molar-refractivity contribution in [3.63, 3.8) is 0 Å². The van der Waals surface area contributed by atoms with Crippen LogP contribution < -0.4 is 5.32 Å². The molecule has 0 aliphatic carbocycles. The Morgan fingerprint density at radius 3 is 2.71 bits per heavy atom. The number of carboxylic acids is 1. The van der Waals surface area contributed by atoms with E-state index in [2.05, 4.69) is 5.32 Å². The minimum absolute atomic E-state index is 0.103. The number of hydrogen-bond acceptors (Lipinski definition) is 4. The molecule has 1 heterocycles. The molecule has 0 aliphatic heterocycles. The van der Waals surface area contributed by atoms with Crippen LogP contribution in [0, 0.1) is 6.92 Å². The highest BCUT2D eigenvalue weighted by Gasteiger charge is 2.21. The third-order valence-corrected chi connectivity index (χ3v) is 2.18. The van der Waals surface area contributed by atoms with Gasteiger partial charge in [-0.15, -0.1) is 0 Å². The summed E-state index contributed by atoms with van der Waals surface area (Å²) in [7, 11) is 1.47. The second-order valence-corrected chi connectivity index (χ2v) is 3.56.